The third-order valence-corrected chi connectivity index (χ3v) is 6.69. The largest absolute Gasteiger partial charge is 0.457 e. The molecule has 182 valence electrons. The van der Waals surface area contributed by atoms with Gasteiger partial charge < -0.3 is 14.6 Å². The predicted octanol–water partition coefficient (Wildman–Crippen LogP) is 6.07. The zero-order valence-corrected chi connectivity index (χ0v) is 20.8. The molecule has 0 unspecified atom stereocenters. The maximum atomic E-state index is 12.5. The van der Waals surface area contributed by atoms with E-state index in [1.54, 1.807) is 18.5 Å². The standard InChI is InChI=1S/C27H21N7O2S/c1-16-12-18(8-11-22(16)36-19-9-10-21-20(13-19)30-15-34(21)2)31-24-23-26(29-14-28-24)37-27(32-23)33-25(35)17-6-4-3-5-7-17/h3-15H,1-2H3,(H,28,29,31)(H,32,33,35). The molecule has 2 N–H and O–H groups in total. The molecule has 0 bridgehead atoms. The van der Waals surface area contributed by atoms with Crippen molar-refractivity contribution in [1.29, 1.82) is 0 Å². The number of hydrogen-bond acceptors (Lipinski definition) is 8. The predicted molar refractivity (Wildman–Crippen MR) is 145 cm³/mol. The van der Waals surface area contributed by atoms with E-state index < -0.39 is 0 Å². The normalized spacial score (nSPS) is 11.1. The molecule has 10 heteroatoms. The van der Waals surface area contributed by atoms with Crippen LogP contribution in [0.15, 0.2) is 79.4 Å². The van der Waals surface area contributed by atoms with Crippen LogP contribution in [0.3, 0.4) is 0 Å². The van der Waals surface area contributed by atoms with E-state index >= 15 is 0 Å². The number of benzene rings is 3. The Bertz CT molecular complexity index is 1760. The molecule has 0 aliphatic heterocycles. The van der Waals surface area contributed by atoms with Crippen LogP contribution in [-0.2, 0) is 7.05 Å². The number of anilines is 3. The SMILES string of the molecule is Cc1cc(Nc2ncnc3sc(NC(=O)c4ccccc4)nc23)ccc1Oc1ccc2c(c1)ncn2C. The summed E-state index contributed by atoms with van der Waals surface area (Å²) in [7, 11) is 1.96. The molecule has 0 saturated heterocycles. The van der Waals surface area contributed by atoms with Gasteiger partial charge in [0.05, 0.1) is 17.4 Å². The van der Waals surface area contributed by atoms with Gasteiger partial charge in [0.1, 0.15) is 23.3 Å². The summed E-state index contributed by atoms with van der Waals surface area (Å²) >= 11 is 1.29. The number of amides is 1. The average molecular weight is 508 g/mol. The van der Waals surface area contributed by atoms with Crippen LogP contribution in [0.2, 0.25) is 0 Å². The van der Waals surface area contributed by atoms with Crippen LogP contribution in [0, 0.1) is 6.92 Å². The lowest BCUT2D eigenvalue weighted by atomic mass is 10.2. The summed E-state index contributed by atoms with van der Waals surface area (Å²) in [5.41, 5.74) is 4.84. The summed E-state index contributed by atoms with van der Waals surface area (Å²) in [5.74, 6) is 1.79. The summed E-state index contributed by atoms with van der Waals surface area (Å²) in [6.07, 6.45) is 3.26. The smallest absolute Gasteiger partial charge is 0.257 e. The maximum absolute atomic E-state index is 12.5. The Hall–Kier alpha value is -4.83. The highest BCUT2D eigenvalue weighted by Crippen LogP contribution is 2.32. The van der Waals surface area contributed by atoms with Crippen LogP contribution >= 0.6 is 11.3 Å². The van der Waals surface area contributed by atoms with Crippen LogP contribution in [0.25, 0.3) is 21.4 Å². The van der Waals surface area contributed by atoms with Gasteiger partial charge in [-0.15, -0.1) is 0 Å². The maximum Gasteiger partial charge on any atom is 0.257 e. The van der Waals surface area contributed by atoms with Gasteiger partial charge in [0, 0.05) is 24.4 Å². The molecule has 0 saturated carbocycles. The Labute approximate surface area is 215 Å². The van der Waals surface area contributed by atoms with Gasteiger partial charge in [-0.2, -0.15) is 0 Å². The summed E-state index contributed by atoms with van der Waals surface area (Å²) in [4.78, 5) is 30.8. The minimum atomic E-state index is -0.226. The topological polar surface area (TPSA) is 107 Å². The number of hydrogen-bond donors (Lipinski definition) is 2. The van der Waals surface area contributed by atoms with Crippen molar-refractivity contribution in [2.45, 2.75) is 6.92 Å². The van der Waals surface area contributed by atoms with E-state index in [4.69, 9.17) is 4.74 Å². The summed E-state index contributed by atoms with van der Waals surface area (Å²) < 4.78 is 8.09. The van der Waals surface area contributed by atoms with Crippen molar-refractivity contribution in [2.24, 2.45) is 7.05 Å². The highest BCUT2D eigenvalue weighted by molar-refractivity contribution is 7.22. The number of thiazole rings is 1. The molecule has 0 aliphatic rings. The molecule has 9 nitrogen and oxygen atoms in total. The molecule has 3 aromatic carbocycles. The van der Waals surface area contributed by atoms with Crippen molar-refractivity contribution < 1.29 is 9.53 Å². The third-order valence-electron chi connectivity index (χ3n) is 5.81. The number of carbonyl (C=O) groups is 1. The lowest BCUT2D eigenvalue weighted by Gasteiger charge is -2.12. The summed E-state index contributed by atoms with van der Waals surface area (Å²) in [6, 6.07) is 20.7. The van der Waals surface area contributed by atoms with Crippen molar-refractivity contribution in [3.63, 3.8) is 0 Å². The number of ether oxygens (including phenoxy) is 1. The number of rotatable bonds is 6. The highest BCUT2D eigenvalue weighted by Gasteiger charge is 2.14. The average Bonchev–Trinajstić information content (AvgIpc) is 3.49. The number of imidazole rings is 1. The molecule has 6 aromatic rings. The minimum Gasteiger partial charge on any atom is -0.457 e. The van der Waals surface area contributed by atoms with Gasteiger partial charge in [0.15, 0.2) is 15.8 Å². The van der Waals surface area contributed by atoms with Crippen LogP contribution < -0.4 is 15.4 Å². The number of carbonyl (C=O) groups excluding carboxylic acids is 1. The molecule has 6 rings (SSSR count). The Morgan fingerprint density at radius 1 is 1.00 bits per heavy atom. The fraction of sp³-hybridized carbons (Fsp3) is 0.0741. The molecular weight excluding hydrogens is 486 g/mol. The number of fused-ring (bicyclic) bond motifs is 2. The van der Waals surface area contributed by atoms with E-state index in [0.29, 0.717) is 26.9 Å². The first-order valence-electron chi connectivity index (χ1n) is 11.5. The first-order chi connectivity index (χ1) is 18.0. The zero-order valence-electron chi connectivity index (χ0n) is 20.0. The molecule has 0 spiro atoms. The van der Waals surface area contributed by atoms with Gasteiger partial charge in [-0.25, -0.2) is 19.9 Å². The molecule has 37 heavy (non-hydrogen) atoms. The second-order valence-corrected chi connectivity index (χ2v) is 9.41. The van der Waals surface area contributed by atoms with Crippen LogP contribution in [0.4, 0.5) is 16.6 Å². The summed E-state index contributed by atoms with van der Waals surface area (Å²) in [5, 5.41) is 6.61. The van der Waals surface area contributed by atoms with Gasteiger partial charge in [-0.05, 0) is 55.0 Å². The second-order valence-electron chi connectivity index (χ2n) is 8.43. The molecule has 0 aliphatic carbocycles. The second kappa shape index (κ2) is 9.32. The van der Waals surface area contributed by atoms with Crippen molar-refractivity contribution in [3.8, 4) is 11.5 Å². The van der Waals surface area contributed by atoms with Crippen LogP contribution in [0.1, 0.15) is 15.9 Å². The fourth-order valence-corrected chi connectivity index (χ4v) is 4.75. The lowest BCUT2D eigenvalue weighted by molar-refractivity contribution is 0.102. The van der Waals surface area contributed by atoms with E-state index in [9.17, 15) is 4.79 Å². The van der Waals surface area contributed by atoms with Gasteiger partial charge in [0.2, 0.25) is 0 Å². The molecule has 0 atom stereocenters. The molecule has 0 fully saturated rings. The van der Waals surface area contributed by atoms with Gasteiger partial charge in [0.25, 0.3) is 5.91 Å². The van der Waals surface area contributed by atoms with Gasteiger partial charge in [-0.1, -0.05) is 29.5 Å². The monoisotopic (exact) mass is 507 g/mol. The van der Waals surface area contributed by atoms with E-state index in [2.05, 4.69) is 30.6 Å². The molecular formula is C27H21N7O2S. The Balaban J connectivity index is 1.21. The van der Waals surface area contributed by atoms with E-state index in [1.807, 2.05) is 73.1 Å². The Morgan fingerprint density at radius 2 is 1.86 bits per heavy atom. The molecule has 0 radical (unpaired) electrons. The van der Waals surface area contributed by atoms with Crippen molar-refractivity contribution >= 4 is 55.3 Å². The van der Waals surface area contributed by atoms with E-state index in [-0.39, 0.29) is 5.91 Å². The number of aromatic nitrogens is 5. The van der Waals surface area contributed by atoms with E-state index in [0.717, 1.165) is 33.8 Å². The fourth-order valence-electron chi connectivity index (χ4n) is 3.94. The van der Waals surface area contributed by atoms with E-state index in [1.165, 1.54) is 17.7 Å². The Kier molecular flexibility index (Phi) is 5.70. The number of nitrogens with one attached hydrogen (secondary N) is 2. The quantitative estimate of drug-likeness (QED) is 0.282. The molecule has 1 amide bonds. The van der Waals surface area contributed by atoms with Gasteiger partial charge >= 0.3 is 0 Å². The van der Waals surface area contributed by atoms with Crippen molar-refractivity contribution in [3.05, 3.63) is 90.5 Å². The number of nitrogens with zero attached hydrogens (tertiary/aromatic N) is 5. The zero-order chi connectivity index (χ0) is 25.4. The highest BCUT2D eigenvalue weighted by atomic mass is 32.1. The van der Waals surface area contributed by atoms with Gasteiger partial charge in [-0.3, -0.25) is 10.1 Å². The third kappa shape index (κ3) is 4.57. The Morgan fingerprint density at radius 3 is 2.70 bits per heavy atom. The van der Waals surface area contributed by atoms with Crippen LogP contribution in [0.5, 0.6) is 11.5 Å². The molecule has 3 heterocycles. The van der Waals surface area contributed by atoms with Crippen molar-refractivity contribution in [2.75, 3.05) is 10.6 Å². The summed E-state index contributed by atoms with van der Waals surface area (Å²) in [6.45, 7) is 1.98. The van der Waals surface area contributed by atoms with Crippen LogP contribution in [-0.4, -0.2) is 30.4 Å². The number of aryl methyl sites for hydroxylation is 2. The first-order valence-corrected chi connectivity index (χ1v) is 12.3. The molecule has 3 aromatic heterocycles. The first kappa shape index (κ1) is 22.6. The lowest BCUT2D eigenvalue weighted by Crippen LogP contribution is -2.11. The van der Waals surface area contributed by atoms with Crippen molar-refractivity contribution in [1.82, 2.24) is 24.5 Å². The minimum absolute atomic E-state index is 0.226.